The van der Waals surface area contributed by atoms with Crippen molar-refractivity contribution < 1.29 is 0 Å². The van der Waals surface area contributed by atoms with Crippen molar-refractivity contribution >= 4 is 5.69 Å². The Morgan fingerprint density at radius 3 is 2.40 bits per heavy atom. The normalized spacial score (nSPS) is 19.3. The molecule has 0 spiro atoms. The van der Waals surface area contributed by atoms with E-state index < -0.39 is 0 Å². The van der Waals surface area contributed by atoms with Crippen molar-refractivity contribution in [2.75, 3.05) is 24.5 Å². The Kier molecular flexibility index (Phi) is 5.09. The molecular weight excluding hydrogens is 244 g/mol. The Balaban J connectivity index is 2.02. The van der Waals surface area contributed by atoms with E-state index in [9.17, 15) is 0 Å². The molecule has 0 aromatic heterocycles. The molecule has 2 nitrogen and oxygen atoms in total. The van der Waals surface area contributed by atoms with Gasteiger partial charge in [-0.3, -0.25) is 0 Å². The van der Waals surface area contributed by atoms with E-state index in [-0.39, 0.29) is 0 Å². The van der Waals surface area contributed by atoms with Gasteiger partial charge in [-0.25, -0.2) is 0 Å². The van der Waals surface area contributed by atoms with E-state index in [1.54, 1.807) is 0 Å². The summed E-state index contributed by atoms with van der Waals surface area (Å²) < 4.78 is 0. The van der Waals surface area contributed by atoms with Crippen LogP contribution in [0.15, 0.2) is 24.3 Å². The molecule has 1 aromatic rings. The van der Waals surface area contributed by atoms with Gasteiger partial charge in [-0.05, 0) is 48.9 Å². The molecule has 0 bridgehead atoms. The fourth-order valence-electron chi connectivity index (χ4n) is 3.07. The van der Waals surface area contributed by atoms with Crippen molar-refractivity contribution in [3.05, 3.63) is 29.8 Å². The van der Waals surface area contributed by atoms with Crippen LogP contribution in [0.2, 0.25) is 0 Å². The van der Waals surface area contributed by atoms with Gasteiger partial charge in [-0.15, -0.1) is 0 Å². The van der Waals surface area contributed by atoms with E-state index in [1.165, 1.54) is 37.2 Å². The molecule has 1 saturated heterocycles. The highest BCUT2D eigenvalue weighted by Crippen LogP contribution is 2.32. The van der Waals surface area contributed by atoms with Crippen LogP contribution in [0.1, 0.15) is 58.6 Å². The number of nitrogens with zero attached hydrogens (tertiary/aromatic N) is 1. The second kappa shape index (κ2) is 6.62. The highest BCUT2D eigenvalue weighted by Gasteiger charge is 2.29. The van der Waals surface area contributed by atoms with Crippen LogP contribution in [0.4, 0.5) is 5.69 Å². The van der Waals surface area contributed by atoms with Gasteiger partial charge in [0.2, 0.25) is 0 Å². The summed E-state index contributed by atoms with van der Waals surface area (Å²) in [5.74, 6) is 0. The lowest BCUT2D eigenvalue weighted by molar-refractivity contribution is 0.418. The van der Waals surface area contributed by atoms with E-state index in [1.807, 2.05) is 0 Å². The van der Waals surface area contributed by atoms with Gasteiger partial charge in [0.15, 0.2) is 0 Å². The Labute approximate surface area is 124 Å². The number of benzene rings is 1. The molecule has 0 saturated carbocycles. The van der Waals surface area contributed by atoms with E-state index in [4.69, 9.17) is 0 Å². The molecule has 1 aliphatic rings. The molecule has 2 rings (SSSR count). The Hall–Kier alpha value is -1.02. The van der Waals surface area contributed by atoms with Gasteiger partial charge in [-0.2, -0.15) is 0 Å². The minimum absolute atomic E-state index is 0.466. The lowest BCUT2D eigenvalue weighted by atomic mass is 9.93. The molecule has 112 valence electrons. The molecule has 1 aliphatic heterocycles. The predicted octanol–water partition coefficient (Wildman–Crippen LogP) is 4.37. The van der Waals surface area contributed by atoms with Crippen LogP contribution in [-0.4, -0.2) is 19.6 Å². The average Bonchev–Trinajstić information content (AvgIpc) is 2.81. The van der Waals surface area contributed by atoms with Crippen LogP contribution >= 0.6 is 0 Å². The largest absolute Gasteiger partial charge is 0.371 e. The molecule has 0 aliphatic carbocycles. The van der Waals surface area contributed by atoms with Crippen LogP contribution in [0.5, 0.6) is 0 Å². The number of hydrogen-bond donors (Lipinski definition) is 1. The van der Waals surface area contributed by atoms with Gasteiger partial charge in [0.1, 0.15) is 0 Å². The second-order valence-corrected chi connectivity index (χ2v) is 6.84. The van der Waals surface area contributed by atoms with Crippen molar-refractivity contribution in [1.29, 1.82) is 0 Å². The summed E-state index contributed by atoms with van der Waals surface area (Å²) in [5.41, 5.74) is 3.26. The summed E-state index contributed by atoms with van der Waals surface area (Å²) in [5, 5.41) is 3.62. The topological polar surface area (TPSA) is 15.3 Å². The Bertz CT molecular complexity index is 408. The molecule has 0 radical (unpaired) electrons. The van der Waals surface area contributed by atoms with E-state index in [0.717, 1.165) is 13.0 Å². The Morgan fingerprint density at radius 2 is 1.90 bits per heavy atom. The zero-order valence-electron chi connectivity index (χ0n) is 13.6. The zero-order chi connectivity index (χ0) is 14.6. The van der Waals surface area contributed by atoms with Crippen LogP contribution in [0.3, 0.4) is 0 Å². The van der Waals surface area contributed by atoms with Crippen molar-refractivity contribution in [1.82, 2.24) is 5.32 Å². The molecule has 1 atom stereocenters. The molecule has 0 amide bonds. The SMILES string of the molecule is CCCNC(CC)c1ccc(N2CCC(C)(C)C2)cc1. The summed E-state index contributed by atoms with van der Waals surface area (Å²) in [4.78, 5) is 2.52. The van der Waals surface area contributed by atoms with Gasteiger partial charge in [0.25, 0.3) is 0 Å². The van der Waals surface area contributed by atoms with E-state index in [2.05, 4.69) is 62.2 Å². The minimum Gasteiger partial charge on any atom is -0.371 e. The first-order chi connectivity index (χ1) is 9.55. The third kappa shape index (κ3) is 3.76. The molecule has 20 heavy (non-hydrogen) atoms. The van der Waals surface area contributed by atoms with Crippen molar-refractivity contribution in [3.63, 3.8) is 0 Å². The maximum absolute atomic E-state index is 3.62. The van der Waals surface area contributed by atoms with E-state index >= 15 is 0 Å². The standard InChI is InChI=1S/C18H30N2/c1-5-12-19-17(6-2)15-7-9-16(10-8-15)20-13-11-18(3,4)14-20/h7-10,17,19H,5-6,11-14H2,1-4H3. The van der Waals surface area contributed by atoms with Gasteiger partial charge in [0.05, 0.1) is 0 Å². The highest BCUT2D eigenvalue weighted by molar-refractivity contribution is 5.49. The summed E-state index contributed by atoms with van der Waals surface area (Å²) in [6, 6.07) is 9.70. The number of anilines is 1. The van der Waals surface area contributed by atoms with Crippen molar-refractivity contribution in [2.45, 2.75) is 53.0 Å². The van der Waals surface area contributed by atoms with Gasteiger partial charge in [-0.1, -0.05) is 39.8 Å². The molecule has 1 unspecified atom stereocenters. The summed E-state index contributed by atoms with van der Waals surface area (Å²) in [6.07, 6.45) is 3.64. The summed E-state index contributed by atoms with van der Waals surface area (Å²) in [6.45, 7) is 12.7. The van der Waals surface area contributed by atoms with Crippen LogP contribution in [0, 0.1) is 5.41 Å². The van der Waals surface area contributed by atoms with Crippen molar-refractivity contribution in [2.24, 2.45) is 5.41 Å². The molecule has 2 heteroatoms. The van der Waals surface area contributed by atoms with Crippen LogP contribution in [0.25, 0.3) is 0 Å². The third-order valence-corrected chi connectivity index (χ3v) is 4.39. The monoisotopic (exact) mass is 274 g/mol. The van der Waals surface area contributed by atoms with Crippen LogP contribution in [-0.2, 0) is 0 Å². The fourth-order valence-corrected chi connectivity index (χ4v) is 3.07. The molecular formula is C18H30N2. The maximum Gasteiger partial charge on any atom is 0.0366 e. The Morgan fingerprint density at radius 1 is 1.20 bits per heavy atom. The lowest BCUT2D eigenvalue weighted by Gasteiger charge is -2.23. The zero-order valence-corrected chi connectivity index (χ0v) is 13.6. The number of rotatable bonds is 6. The molecule has 1 aromatic carbocycles. The second-order valence-electron chi connectivity index (χ2n) is 6.84. The first-order valence-electron chi connectivity index (χ1n) is 8.14. The number of nitrogens with one attached hydrogen (secondary N) is 1. The predicted molar refractivity (Wildman–Crippen MR) is 88.4 cm³/mol. The van der Waals surface area contributed by atoms with Gasteiger partial charge < -0.3 is 10.2 Å². The minimum atomic E-state index is 0.466. The third-order valence-electron chi connectivity index (χ3n) is 4.39. The van der Waals surface area contributed by atoms with Crippen LogP contribution < -0.4 is 10.2 Å². The maximum atomic E-state index is 3.62. The summed E-state index contributed by atoms with van der Waals surface area (Å²) in [7, 11) is 0. The smallest absolute Gasteiger partial charge is 0.0366 e. The van der Waals surface area contributed by atoms with E-state index in [0.29, 0.717) is 11.5 Å². The average molecular weight is 274 g/mol. The fraction of sp³-hybridized carbons (Fsp3) is 0.667. The quantitative estimate of drug-likeness (QED) is 0.828. The lowest BCUT2D eigenvalue weighted by Crippen LogP contribution is -2.23. The van der Waals surface area contributed by atoms with Gasteiger partial charge in [0, 0.05) is 24.8 Å². The molecule has 1 N–H and O–H groups in total. The van der Waals surface area contributed by atoms with Crippen molar-refractivity contribution in [3.8, 4) is 0 Å². The molecule has 1 fully saturated rings. The first-order valence-corrected chi connectivity index (χ1v) is 8.14. The van der Waals surface area contributed by atoms with Gasteiger partial charge >= 0.3 is 0 Å². The first kappa shape index (κ1) is 15.4. The highest BCUT2D eigenvalue weighted by atomic mass is 15.2. The molecule has 1 heterocycles. The summed E-state index contributed by atoms with van der Waals surface area (Å²) >= 11 is 0. The number of hydrogen-bond acceptors (Lipinski definition) is 2.